The van der Waals surface area contributed by atoms with Gasteiger partial charge in [0.25, 0.3) is 5.91 Å². The Hall–Kier alpha value is -3.22. The molecule has 2 rings (SSSR count). The molecule has 0 aliphatic carbocycles. The summed E-state index contributed by atoms with van der Waals surface area (Å²) in [5, 5.41) is 19.0. The van der Waals surface area contributed by atoms with Crippen molar-refractivity contribution in [3.8, 4) is 17.2 Å². The van der Waals surface area contributed by atoms with E-state index < -0.39 is 27.9 Å². The number of nitriles is 1. The van der Waals surface area contributed by atoms with Gasteiger partial charge < -0.3 is 10.6 Å². The predicted molar refractivity (Wildman–Crippen MR) is 113 cm³/mol. The van der Waals surface area contributed by atoms with Crippen molar-refractivity contribution < 1.29 is 18.0 Å². The van der Waals surface area contributed by atoms with Crippen molar-refractivity contribution in [2.24, 2.45) is 11.1 Å². The molecule has 0 fully saturated rings. The van der Waals surface area contributed by atoms with Gasteiger partial charge in [0, 0.05) is 5.56 Å². The van der Waals surface area contributed by atoms with Gasteiger partial charge in [-0.25, -0.2) is 13.6 Å². The van der Waals surface area contributed by atoms with Crippen LogP contribution in [-0.4, -0.2) is 32.8 Å². The van der Waals surface area contributed by atoms with E-state index in [9.17, 15) is 18.0 Å². The van der Waals surface area contributed by atoms with E-state index in [1.165, 1.54) is 12.1 Å². The second-order valence-electron chi connectivity index (χ2n) is 7.19. The highest BCUT2D eigenvalue weighted by Crippen LogP contribution is 2.23. The minimum atomic E-state index is -3.85. The molecule has 2 aromatic rings. The summed E-state index contributed by atoms with van der Waals surface area (Å²) in [7, 11) is -3.85. The molecule has 0 saturated heterocycles. The molecule has 30 heavy (non-hydrogen) atoms. The average molecular weight is 429 g/mol. The molecular weight excluding hydrogens is 404 g/mol. The molecule has 8 nitrogen and oxygen atoms in total. The molecule has 1 atom stereocenters. The van der Waals surface area contributed by atoms with E-state index in [2.05, 4.69) is 10.6 Å². The highest BCUT2D eigenvalue weighted by Gasteiger charge is 2.22. The largest absolute Gasteiger partial charge is 0.341 e. The number of primary sulfonamides is 1. The molecular formula is C21H24N4O4S. The Balaban J connectivity index is 2.27. The first-order chi connectivity index (χ1) is 14.1. The number of nitrogens with zero attached hydrogens (tertiary/aromatic N) is 1. The van der Waals surface area contributed by atoms with Crippen LogP contribution in [0, 0.1) is 17.2 Å². The van der Waals surface area contributed by atoms with Crippen LogP contribution in [0.5, 0.6) is 0 Å². The summed E-state index contributed by atoms with van der Waals surface area (Å²) in [6.45, 7) is 3.71. The second kappa shape index (κ2) is 10.0. The summed E-state index contributed by atoms with van der Waals surface area (Å²) >= 11 is 0. The van der Waals surface area contributed by atoms with E-state index >= 15 is 0 Å². The van der Waals surface area contributed by atoms with E-state index in [4.69, 9.17) is 10.4 Å². The van der Waals surface area contributed by atoms with Crippen molar-refractivity contribution in [2.75, 3.05) is 6.54 Å². The lowest BCUT2D eigenvalue weighted by Gasteiger charge is -2.19. The zero-order chi connectivity index (χ0) is 22.3. The Morgan fingerprint density at radius 1 is 1.10 bits per heavy atom. The first kappa shape index (κ1) is 23.1. The number of nitrogens with one attached hydrogen (secondary N) is 2. The van der Waals surface area contributed by atoms with Gasteiger partial charge in [0.1, 0.15) is 12.6 Å². The lowest BCUT2D eigenvalue weighted by molar-refractivity contribution is -0.123. The molecule has 0 spiro atoms. The van der Waals surface area contributed by atoms with Crippen LogP contribution < -0.4 is 15.8 Å². The Labute approximate surface area is 176 Å². The first-order valence-electron chi connectivity index (χ1n) is 9.30. The van der Waals surface area contributed by atoms with Crippen LogP contribution in [0.1, 0.15) is 30.6 Å². The molecule has 0 aromatic heterocycles. The summed E-state index contributed by atoms with van der Waals surface area (Å²) in [4.78, 5) is 25.0. The van der Waals surface area contributed by atoms with Gasteiger partial charge in [0.15, 0.2) is 0 Å². The zero-order valence-electron chi connectivity index (χ0n) is 16.8. The van der Waals surface area contributed by atoms with E-state index in [-0.39, 0.29) is 17.4 Å². The van der Waals surface area contributed by atoms with Crippen molar-refractivity contribution in [1.29, 1.82) is 5.26 Å². The third kappa shape index (κ3) is 6.40. The Morgan fingerprint density at radius 2 is 1.73 bits per heavy atom. The highest BCUT2D eigenvalue weighted by atomic mass is 32.2. The number of nitrogens with two attached hydrogens (primary N) is 1. The number of rotatable bonds is 8. The predicted octanol–water partition coefficient (Wildman–Crippen LogP) is 1.79. The molecule has 2 amide bonds. The van der Waals surface area contributed by atoms with Gasteiger partial charge in [-0.05, 0) is 47.7 Å². The van der Waals surface area contributed by atoms with Crippen LogP contribution in [0.25, 0.3) is 11.1 Å². The average Bonchev–Trinajstić information content (AvgIpc) is 2.70. The Morgan fingerprint density at radius 3 is 2.33 bits per heavy atom. The third-order valence-electron chi connectivity index (χ3n) is 4.29. The summed E-state index contributed by atoms with van der Waals surface area (Å²) in [6, 6.07) is 13.8. The zero-order valence-corrected chi connectivity index (χ0v) is 17.6. The standard InChI is InChI=1S/C21H24N4O4S/c1-14(2)11-19(21(27)24-10-9-22)25-20(26)17-7-3-5-15(12-17)16-6-4-8-18(13-16)30(23,28)29/h3-8,12-14,19H,10-11H2,1-2H3,(H,24,27)(H,25,26)(H2,23,28,29)/t19-/m0/s1. The second-order valence-corrected chi connectivity index (χ2v) is 8.75. The SMILES string of the molecule is CC(C)C[C@H](NC(=O)c1cccc(-c2cccc(S(N)(=O)=O)c2)c1)C(=O)NCC#N. The summed E-state index contributed by atoms with van der Waals surface area (Å²) < 4.78 is 23.2. The number of hydrogen-bond donors (Lipinski definition) is 3. The quantitative estimate of drug-likeness (QED) is 0.549. The molecule has 9 heteroatoms. The summed E-state index contributed by atoms with van der Waals surface area (Å²) in [5.41, 5.74) is 1.53. The number of benzene rings is 2. The van der Waals surface area contributed by atoms with Gasteiger partial charge in [-0.1, -0.05) is 38.1 Å². The fraction of sp³-hybridized carbons (Fsp3) is 0.286. The van der Waals surface area contributed by atoms with Crippen LogP contribution in [0.2, 0.25) is 0 Å². The number of amides is 2. The molecule has 0 bridgehead atoms. The smallest absolute Gasteiger partial charge is 0.251 e. The Bertz CT molecular complexity index is 1070. The van der Waals surface area contributed by atoms with Crippen LogP contribution >= 0.6 is 0 Å². The van der Waals surface area contributed by atoms with Crippen LogP contribution in [0.4, 0.5) is 0 Å². The maximum atomic E-state index is 12.8. The molecule has 0 aliphatic rings. The molecule has 4 N–H and O–H groups in total. The van der Waals surface area contributed by atoms with Gasteiger partial charge in [-0.15, -0.1) is 0 Å². The number of carbonyl (C=O) groups excluding carboxylic acids is 2. The summed E-state index contributed by atoms with van der Waals surface area (Å²) in [6.07, 6.45) is 0.416. The molecule has 0 unspecified atom stereocenters. The highest BCUT2D eigenvalue weighted by molar-refractivity contribution is 7.89. The van der Waals surface area contributed by atoms with E-state index in [0.29, 0.717) is 23.1 Å². The lowest BCUT2D eigenvalue weighted by Crippen LogP contribution is -2.47. The third-order valence-corrected chi connectivity index (χ3v) is 5.20. The van der Waals surface area contributed by atoms with Crippen LogP contribution in [0.15, 0.2) is 53.4 Å². The van der Waals surface area contributed by atoms with Crippen LogP contribution in [-0.2, 0) is 14.8 Å². The normalized spacial score (nSPS) is 12.1. The topological polar surface area (TPSA) is 142 Å². The van der Waals surface area contributed by atoms with Crippen molar-refractivity contribution in [3.63, 3.8) is 0 Å². The van der Waals surface area contributed by atoms with Crippen molar-refractivity contribution >= 4 is 21.8 Å². The molecule has 158 valence electrons. The first-order valence-corrected chi connectivity index (χ1v) is 10.8. The molecule has 0 radical (unpaired) electrons. The fourth-order valence-corrected chi connectivity index (χ4v) is 3.45. The van der Waals surface area contributed by atoms with Gasteiger partial charge in [0.05, 0.1) is 11.0 Å². The van der Waals surface area contributed by atoms with Gasteiger partial charge >= 0.3 is 0 Å². The minimum Gasteiger partial charge on any atom is -0.341 e. The number of carbonyl (C=O) groups is 2. The minimum absolute atomic E-state index is 0.0268. The van der Waals surface area contributed by atoms with E-state index in [1.54, 1.807) is 36.4 Å². The monoisotopic (exact) mass is 428 g/mol. The lowest BCUT2D eigenvalue weighted by atomic mass is 10.0. The van der Waals surface area contributed by atoms with Crippen molar-refractivity contribution in [2.45, 2.75) is 31.2 Å². The van der Waals surface area contributed by atoms with Gasteiger partial charge in [-0.2, -0.15) is 5.26 Å². The van der Waals surface area contributed by atoms with Gasteiger partial charge in [0.2, 0.25) is 15.9 Å². The van der Waals surface area contributed by atoms with E-state index in [1.807, 2.05) is 19.9 Å². The van der Waals surface area contributed by atoms with Crippen molar-refractivity contribution in [3.05, 3.63) is 54.1 Å². The number of sulfonamides is 1. The summed E-state index contributed by atoms with van der Waals surface area (Å²) in [5.74, 6) is -0.719. The molecule has 0 aliphatic heterocycles. The van der Waals surface area contributed by atoms with E-state index in [0.717, 1.165) is 0 Å². The van der Waals surface area contributed by atoms with Crippen LogP contribution in [0.3, 0.4) is 0 Å². The maximum Gasteiger partial charge on any atom is 0.251 e. The Kier molecular flexibility index (Phi) is 7.69. The molecule has 2 aromatic carbocycles. The molecule has 0 saturated carbocycles. The maximum absolute atomic E-state index is 12.8. The fourth-order valence-electron chi connectivity index (χ4n) is 2.89. The number of hydrogen-bond acceptors (Lipinski definition) is 5. The van der Waals surface area contributed by atoms with Crippen molar-refractivity contribution in [1.82, 2.24) is 10.6 Å². The molecule has 0 heterocycles. The van der Waals surface area contributed by atoms with Gasteiger partial charge in [-0.3, -0.25) is 9.59 Å².